The third kappa shape index (κ3) is 4.82. The number of nitrogens with one attached hydrogen (secondary N) is 1. The van der Waals surface area contributed by atoms with Gasteiger partial charge in [-0.05, 0) is 60.2 Å². The van der Waals surface area contributed by atoms with Crippen LogP contribution in [-0.2, 0) is 10.2 Å². The molecule has 2 amide bonds. The second kappa shape index (κ2) is 10.3. The molecule has 0 bridgehead atoms. The number of hydrogen-bond acceptors (Lipinski definition) is 5. The molecule has 41 heavy (non-hydrogen) atoms. The number of hydrogen-bond donors (Lipinski definition) is 1. The fraction of sp³-hybridized carbons (Fsp3) is 0.281. The monoisotopic (exact) mass is 566 g/mol. The van der Waals surface area contributed by atoms with Gasteiger partial charge in [-0.15, -0.1) is 0 Å². The fourth-order valence-corrected chi connectivity index (χ4v) is 5.72. The van der Waals surface area contributed by atoms with Crippen molar-refractivity contribution in [2.75, 3.05) is 14.1 Å². The van der Waals surface area contributed by atoms with Crippen molar-refractivity contribution in [2.45, 2.75) is 38.1 Å². The van der Waals surface area contributed by atoms with Gasteiger partial charge in [0.2, 0.25) is 11.7 Å². The molecule has 2 aromatic carbocycles. The lowest BCUT2D eigenvalue weighted by atomic mass is 9.91. The van der Waals surface area contributed by atoms with E-state index < -0.39 is 6.04 Å². The van der Waals surface area contributed by atoms with Crippen LogP contribution in [0.2, 0.25) is 5.02 Å². The zero-order valence-corrected chi connectivity index (χ0v) is 24.2. The molecule has 5 aromatic rings. The molecule has 1 aliphatic carbocycles. The van der Waals surface area contributed by atoms with E-state index in [9.17, 15) is 9.59 Å². The summed E-state index contributed by atoms with van der Waals surface area (Å²) in [6.07, 6.45) is 9.59. The Morgan fingerprint density at radius 1 is 1.00 bits per heavy atom. The predicted octanol–water partition coefficient (Wildman–Crippen LogP) is 5.52. The molecule has 1 fully saturated rings. The second-order valence-electron chi connectivity index (χ2n) is 11.3. The molecule has 0 aliphatic heterocycles. The molecule has 1 unspecified atom stereocenters. The van der Waals surface area contributed by atoms with Gasteiger partial charge in [-0.2, -0.15) is 0 Å². The van der Waals surface area contributed by atoms with Gasteiger partial charge in [0.1, 0.15) is 6.04 Å². The molecule has 9 heteroatoms. The first kappa shape index (κ1) is 26.9. The predicted molar refractivity (Wildman–Crippen MR) is 160 cm³/mol. The van der Waals surface area contributed by atoms with Crippen molar-refractivity contribution in [1.29, 1.82) is 0 Å². The number of carbonyl (C=O) groups excluding carboxylic acids is 2. The molecule has 1 saturated carbocycles. The first-order valence-electron chi connectivity index (χ1n) is 13.7. The SMILES string of the molecule is CC(C)C(NC(=O)c1ccc(-c2cnc3ncc(C4(c5ccc6ncccc6c5)CC4)n3c2)cc1Cl)C(=O)N(C)C. The van der Waals surface area contributed by atoms with Crippen LogP contribution in [0.25, 0.3) is 27.8 Å². The summed E-state index contributed by atoms with van der Waals surface area (Å²) in [4.78, 5) is 40.8. The third-order valence-corrected chi connectivity index (χ3v) is 8.28. The van der Waals surface area contributed by atoms with E-state index in [1.165, 1.54) is 10.5 Å². The number of amides is 2. The molecule has 3 aromatic heterocycles. The van der Waals surface area contributed by atoms with Crippen molar-refractivity contribution >= 4 is 40.1 Å². The smallest absolute Gasteiger partial charge is 0.253 e. The standard InChI is InChI=1S/C32H31ClN6O2/c1-19(2)28(30(41)38(3)4)37-29(40)24-9-7-20(15-25(24)33)22-16-35-31-36-17-27(39(31)18-22)32(11-12-32)23-8-10-26-21(14-23)6-5-13-34-26/h5-10,13-19,28H,11-12H2,1-4H3,(H,37,40). The zero-order valence-electron chi connectivity index (χ0n) is 23.4. The molecule has 0 spiro atoms. The minimum Gasteiger partial charge on any atom is -0.347 e. The lowest BCUT2D eigenvalue weighted by Gasteiger charge is -2.25. The van der Waals surface area contributed by atoms with Crippen LogP contribution in [0.3, 0.4) is 0 Å². The van der Waals surface area contributed by atoms with Crippen LogP contribution in [-0.4, -0.2) is 56.2 Å². The topological polar surface area (TPSA) is 92.5 Å². The highest BCUT2D eigenvalue weighted by atomic mass is 35.5. The highest BCUT2D eigenvalue weighted by molar-refractivity contribution is 6.34. The van der Waals surface area contributed by atoms with E-state index in [4.69, 9.17) is 11.6 Å². The van der Waals surface area contributed by atoms with Crippen LogP contribution < -0.4 is 5.32 Å². The van der Waals surface area contributed by atoms with Gasteiger partial charge in [0.25, 0.3) is 5.91 Å². The number of benzene rings is 2. The van der Waals surface area contributed by atoms with Gasteiger partial charge in [-0.25, -0.2) is 9.97 Å². The molecule has 1 N–H and O–H groups in total. The van der Waals surface area contributed by atoms with Gasteiger partial charge >= 0.3 is 0 Å². The van der Waals surface area contributed by atoms with Gasteiger partial charge in [0.05, 0.1) is 28.0 Å². The van der Waals surface area contributed by atoms with Crippen LogP contribution in [0.5, 0.6) is 0 Å². The van der Waals surface area contributed by atoms with Crippen molar-refractivity contribution in [1.82, 2.24) is 29.6 Å². The van der Waals surface area contributed by atoms with E-state index >= 15 is 0 Å². The Morgan fingerprint density at radius 2 is 1.78 bits per heavy atom. The van der Waals surface area contributed by atoms with Crippen molar-refractivity contribution in [2.24, 2.45) is 5.92 Å². The Kier molecular flexibility index (Phi) is 6.74. The lowest BCUT2D eigenvalue weighted by Crippen LogP contribution is -2.49. The molecule has 6 rings (SSSR count). The molecule has 3 heterocycles. The van der Waals surface area contributed by atoms with Crippen molar-refractivity contribution in [3.8, 4) is 11.1 Å². The van der Waals surface area contributed by atoms with Gasteiger partial charge < -0.3 is 10.2 Å². The number of likely N-dealkylation sites (N-methyl/N-ethyl adjacent to an activating group) is 1. The second-order valence-corrected chi connectivity index (χ2v) is 11.7. The van der Waals surface area contributed by atoms with Crippen LogP contribution in [0.1, 0.15) is 48.3 Å². The average molecular weight is 567 g/mol. The molecule has 0 saturated heterocycles. The Labute approximate surface area is 243 Å². The maximum absolute atomic E-state index is 13.1. The van der Waals surface area contributed by atoms with E-state index in [0.717, 1.165) is 40.6 Å². The number of pyridine rings is 1. The average Bonchev–Trinajstić information content (AvgIpc) is 3.66. The summed E-state index contributed by atoms with van der Waals surface area (Å²) < 4.78 is 2.06. The summed E-state index contributed by atoms with van der Waals surface area (Å²) in [5, 5.41) is 4.27. The summed E-state index contributed by atoms with van der Waals surface area (Å²) in [6.45, 7) is 3.79. The molecular weight excluding hydrogens is 536 g/mol. The summed E-state index contributed by atoms with van der Waals surface area (Å²) in [7, 11) is 3.35. The van der Waals surface area contributed by atoms with E-state index in [1.807, 2.05) is 44.6 Å². The molecule has 1 atom stereocenters. The highest BCUT2D eigenvalue weighted by Gasteiger charge is 2.48. The Bertz CT molecular complexity index is 1810. The quantitative estimate of drug-likeness (QED) is 0.280. The maximum Gasteiger partial charge on any atom is 0.253 e. The van der Waals surface area contributed by atoms with Crippen LogP contribution in [0, 0.1) is 5.92 Å². The van der Waals surface area contributed by atoms with Crippen molar-refractivity contribution in [3.63, 3.8) is 0 Å². The Balaban J connectivity index is 1.31. The Hall–Kier alpha value is -4.30. The fourth-order valence-electron chi connectivity index (χ4n) is 5.46. The summed E-state index contributed by atoms with van der Waals surface area (Å²) in [6, 6.07) is 15.2. The van der Waals surface area contributed by atoms with Gasteiger partial charge in [0, 0.05) is 49.1 Å². The van der Waals surface area contributed by atoms with Crippen LogP contribution in [0.4, 0.5) is 0 Å². The van der Waals surface area contributed by atoms with E-state index in [0.29, 0.717) is 16.4 Å². The van der Waals surface area contributed by atoms with Crippen molar-refractivity contribution < 1.29 is 9.59 Å². The minimum atomic E-state index is -0.645. The molecule has 8 nitrogen and oxygen atoms in total. The highest BCUT2D eigenvalue weighted by Crippen LogP contribution is 2.53. The molecule has 1 aliphatic rings. The summed E-state index contributed by atoms with van der Waals surface area (Å²) >= 11 is 6.62. The largest absolute Gasteiger partial charge is 0.347 e. The number of nitrogens with zero attached hydrogens (tertiary/aromatic N) is 5. The lowest BCUT2D eigenvalue weighted by molar-refractivity contribution is -0.131. The summed E-state index contributed by atoms with van der Waals surface area (Å²) in [5.41, 5.74) is 5.19. The Morgan fingerprint density at radius 3 is 2.49 bits per heavy atom. The van der Waals surface area contributed by atoms with Gasteiger partial charge in [-0.3, -0.25) is 19.0 Å². The van der Waals surface area contributed by atoms with Crippen LogP contribution in [0.15, 0.2) is 73.3 Å². The number of carbonyl (C=O) groups is 2. The first-order chi connectivity index (χ1) is 19.7. The number of halogens is 1. The van der Waals surface area contributed by atoms with Crippen molar-refractivity contribution in [3.05, 3.63) is 95.2 Å². The first-order valence-corrected chi connectivity index (χ1v) is 14.1. The number of imidazole rings is 1. The van der Waals surface area contributed by atoms with Gasteiger partial charge in [0.15, 0.2) is 0 Å². The van der Waals surface area contributed by atoms with Crippen LogP contribution >= 0.6 is 11.6 Å². The molecular formula is C32H31ClN6O2. The zero-order chi connectivity index (χ0) is 28.9. The van der Waals surface area contributed by atoms with Gasteiger partial charge in [-0.1, -0.05) is 43.6 Å². The summed E-state index contributed by atoms with van der Waals surface area (Å²) in [5.74, 6) is 0.00699. The minimum absolute atomic E-state index is 0.0740. The number of rotatable bonds is 7. The third-order valence-electron chi connectivity index (χ3n) is 7.97. The number of fused-ring (bicyclic) bond motifs is 2. The van der Waals surface area contributed by atoms with E-state index in [1.54, 1.807) is 32.4 Å². The van der Waals surface area contributed by atoms with E-state index in [2.05, 4.69) is 48.9 Å². The van der Waals surface area contributed by atoms with E-state index in [-0.39, 0.29) is 23.1 Å². The molecule has 208 valence electrons. The maximum atomic E-state index is 13.1. The molecule has 0 radical (unpaired) electrons. The number of aromatic nitrogens is 4. The normalized spacial score (nSPS) is 14.8.